The van der Waals surface area contributed by atoms with E-state index in [9.17, 15) is 14.4 Å². The number of carbonyl (C=O) groups is 3. The van der Waals surface area contributed by atoms with Crippen LogP contribution in [-0.4, -0.2) is 30.3 Å². The molecule has 2 aromatic carbocycles. The lowest BCUT2D eigenvalue weighted by Crippen LogP contribution is -2.47. The van der Waals surface area contributed by atoms with E-state index >= 15 is 0 Å². The van der Waals surface area contributed by atoms with Gasteiger partial charge in [0, 0.05) is 28.8 Å². The van der Waals surface area contributed by atoms with E-state index < -0.39 is 6.04 Å². The van der Waals surface area contributed by atoms with E-state index in [0.29, 0.717) is 22.1 Å². The fourth-order valence-electron chi connectivity index (χ4n) is 3.56. The lowest BCUT2D eigenvalue weighted by molar-refractivity contribution is -0.119. The van der Waals surface area contributed by atoms with Crippen molar-refractivity contribution in [2.45, 2.75) is 39.7 Å². The van der Waals surface area contributed by atoms with Gasteiger partial charge >= 0.3 is 0 Å². The molecule has 2 aromatic rings. The second-order valence-electron chi connectivity index (χ2n) is 7.81. The van der Waals surface area contributed by atoms with E-state index in [1.165, 1.54) is 0 Å². The summed E-state index contributed by atoms with van der Waals surface area (Å²) in [7, 11) is 0. The molecule has 1 aliphatic rings. The van der Waals surface area contributed by atoms with Gasteiger partial charge in [-0.2, -0.15) is 0 Å². The second kappa shape index (κ2) is 9.43. The van der Waals surface area contributed by atoms with Gasteiger partial charge in [0.2, 0.25) is 11.8 Å². The Balaban J connectivity index is 1.72. The highest BCUT2D eigenvalue weighted by Gasteiger charge is 2.26. The monoisotopic (exact) mass is 471 g/mol. The molecule has 0 saturated carbocycles. The minimum atomic E-state index is -0.690. The van der Waals surface area contributed by atoms with Crippen molar-refractivity contribution in [1.29, 1.82) is 0 Å². The molecule has 0 bridgehead atoms. The topological polar surface area (TPSA) is 78.5 Å². The zero-order valence-corrected chi connectivity index (χ0v) is 19.0. The number of benzene rings is 2. The van der Waals surface area contributed by atoms with Gasteiger partial charge in [-0.05, 0) is 71.1 Å². The zero-order chi connectivity index (χ0) is 21.8. The normalized spacial score (nSPS) is 14.7. The van der Waals surface area contributed by atoms with Gasteiger partial charge in [-0.15, -0.1) is 0 Å². The number of carbonyl (C=O) groups excluding carboxylic acids is 3. The maximum atomic E-state index is 12.9. The maximum Gasteiger partial charge on any atom is 0.253 e. The second-order valence-corrected chi connectivity index (χ2v) is 8.67. The highest BCUT2D eigenvalue weighted by Crippen LogP contribution is 2.27. The number of aryl methyl sites for hydroxylation is 1. The number of nitrogens with zero attached hydrogens (tertiary/aromatic N) is 1. The summed E-state index contributed by atoms with van der Waals surface area (Å²) < 4.78 is 0.674. The zero-order valence-electron chi connectivity index (χ0n) is 17.4. The summed E-state index contributed by atoms with van der Waals surface area (Å²) in [5.41, 5.74) is 2.90. The van der Waals surface area contributed by atoms with E-state index in [1.54, 1.807) is 29.2 Å². The summed E-state index contributed by atoms with van der Waals surface area (Å²) in [4.78, 5) is 39.4. The minimum absolute atomic E-state index is 0.0981. The van der Waals surface area contributed by atoms with Crippen LogP contribution in [0, 0.1) is 12.8 Å². The lowest BCUT2D eigenvalue weighted by Gasteiger charge is -2.23. The van der Waals surface area contributed by atoms with Crippen LogP contribution in [0.2, 0.25) is 0 Å². The molecule has 30 heavy (non-hydrogen) atoms. The first-order valence-corrected chi connectivity index (χ1v) is 10.8. The summed E-state index contributed by atoms with van der Waals surface area (Å²) in [5.74, 6) is -0.561. The molecule has 2 N–H and O–H groups in total. The van der Waals surface area contributed by atoms with Gasteiger partial charge in [-0.1, -0.05) is 26.0 Å². The Morgan fingerprint density at radius 2 is 1.87 bits per heavy atom. The van der Waals surface area contributed by atoms with Crippen LogP contribution >= 0.6 is 15.9 Å². The number of nitrogens with one attached hydrogen (secondary N) is 2. The molecule has 3 amide bonds. The van der Waals surface area contributed by atoms with Crippen LogP contribution in [0.5, 0.6) is 0 Å². The van der Waals surface area contributed by atoms with Crippen LogP contribution < -0.4 is 15.5 Å². The first-order chi connectivity index (χ1) is 14.3. The number of amides is 3. The molecule has 1 saturated heterocycles. The molecule has 0 aliphatic carbocycles. The molecule has 0 radical (unpaired) electrons. The van der Waals surface area contributed by atoms with Gasteiger partial charge < -0.3 is 15.5 Å². The maximum absolute atomic E-state index is 12.9. The smallest absolute Gasteiger partial charge is 0.253 e. The van der Waals surface area contributed by atoms with Crippen molar-refractivity contribution < 1.29 is 14.4 Å². The summed E-state index contributed by atoms with van der Waals surface area (Å²) in [6.45, 7) is 6.42. The van der Waals surface area contributed by atoms with Gasteiger partial charge in [0.05, 0.1) is 5.56 Å². The average Bonchev–Trinajstić information content (AvgIpc) is 3.11. The fourth-order valence-corrected chi connectivity index (χ4v) is 4.02. The van der Waals surface area contributed by atoms with Crippen molar-refractivity contribution in [3.8, 4) is 0 Å². The number of halogens is 1. The van der Waals surface area contributed by atoms with E-state index in [2.05, 4.69) is 26.6 Å². The van der Waals surface area contributed by atoms with Crippen molar-refractivity contribution in [3.63, 3.8) is 0 Å². The lowest BCUT2D eigenvalue weighted by atomic mass is 10.0. The first kappa shape index (κ1) is 22.0. The van der Waals surface area contributed by atoms with Crippen LogP contribution in [0.1, 0.15) is 42.6 Å². The molecule has 7 heteroatoms. The summed E-state index contributed by atoms with van der Waals surface area (Å²) in [5, 5.41) is 5.73. The van der Waals surface area contributed by atoms with Crippen LogP contribution in [0.15, 0.2) is 46.9 Å². The number of hydrogen-bond acceptors (Lipinski definition) is 3. The number of hydrogen-bond donors (Lipinski definition) is 2. The van der Waals surface area contributed by atoms with Crippen LogP contribution in [0.4, 0.5) is 11.4 Å². The molecule has 3 rings (SSSR count). The van der Waals surface area contributed by atoms with E-state index in [4.69, 9.17) is 0 Å². The SMILES string of the molecule is Cc1cc(NC(=O)C(NC(=O)c2ccccc2Br)C(C)C)ccc1N1CCCC1=O. The molecule has 0 aromatic heterocycles. The van der Waals surface area contributed by atoms with Crippen molar-refractivity contribution in [1.82, 2.24) is 5.32 Å². The Morgan fingerprint density at radius 1 is 1.13 bits per heavy atom. The Hall–Kier alpha value is -2.67. The molecule has 0 spiro atoms. The van der Waals surface area contributed by atoms with Gasteiger partial charge in [-0.25, -0.2) is 0 Å². The molecule has 1 aliphatic heterocycles. The highest BCUT2D eigenvalue weighted by molar-refractivity contribution is 9.10. The van der Waals surface area contributed by atoms with Crippen molar-refractivity contribution in [3.05, 3.63) is 58.1 Å². The minimum Gasteiger partial charge on any atom is -0.340 e. The average molecular weight is 472 g/mol. The molecule has 1 heterocycles. The van der Waals surface area contributed by atoms with Crippen molar-refractivity contribution in [2.75, 3.05) is 16.8 Å². The molecular weight excluding hydrogens is 446 g/mol. The largest absolute Gasteiger partial charge is 0.340 e. The first-order valence-electron chi connectivity index (χ1n) is 10.0. The fraction of sp³-hybridized carbons (Fsp3) is 0.348. The van der Waals surface area contributed by atoms with Gasteiger partial charge in [0.1, 0.15) is 6.04 Å². The summed E-state index contributed by atoms with van der Waals surface area (Å²) in [6, 6.07) is 11.9. The standard InChI is InChI=1S/C23H26BrN3O3/c1-14(2)21(26-22(29)17-7-4-5-8-18(17)24)23(30)25-16-10-11-19(15(3)13-16)27-12-6-9-20(27)28/h4-5,7-8,10-11,13-14,21H,6,9,12H2,1-3H3,(H,25,30)(H,26,29). The van der Waals surface area contributed by atoms with Gasteiger partial charge in [0.15, 0.2) is 0 Å². The predicted octanol–water partition coefficient (Wildman–Crippen LogP) is 4.28. The van der Waals surface area contributed by atoms with Gasteiger partial charge in [-0.3, -0.25) is 14.4 Å². The molecule has 1 atom stereocenters. The highest BCUT2D eigenvalue weighted by atomic mass is 79.9. The van der Waals surface area contributed by atoms with Crippen molar-refractivity contribution >= 4 is 45.0 Å². The number of anilines is 2. The molecular formula is C23H26BrN3O3. The van der Waals surface area contributed by atoms with Crippen LogP contribution in [0.3, 0.4) is 0 Å². The molecule has 1 unspecified atom stereocenters. The van der Waals surface area contributed by atoms with Crippen molar-refractivity contribution in [2.24, 2.45) is 5.92 Å². The third kappa shape index (κ3) is 4.90. The molecule has 1 fully saturated rings. The Bertz CT molecular complexity index is 974. The quantitative estimate of drug-likeness (QED) is 0.659. The Morgan fingerprint density at radius 3 is 2.47 bits per heavy atom. The summed E-state index contributed by atoms with van der Waals surface area (Å²) in [6.07, 6.45) is 1.44. The third-order valence-electron chi connectivity index (χ3n) is 5.18. The van der Waals surface area contributed by atoms with E-state index in [1.807, 2.05) is 39.0 Å². The Labute approximate surface area is 185 Å². The van der Waals surface area contributed by atoms with Crippen LogP contribution in [-0.2, 0) is 9.59 Å². The molecule has 6 nitrogen and oxygen atoms in total. The van der Waals surface area contributed by atoms with Gasteiger partial charge in [0.25, 0.3) is 5.91 Å². The summed E-state index contributed by atoms with van der Waals surface area (Å²) >= 11 is 3.37. The van der Waals surface area contributed by atoms with E-state index in [-0.39, 0.29) is 23.6 Å². The van der Waals surface area contributed by atoms with E-state index in [0.717, 1.165) is 24.2 Å². The van der Waals surface area contributed by atoms with Crippen LogP contribution in [0.25, 0.3) is 0 Å². The number of rotatable bonds is 6. The molecule has 158 valence electrons. The third-order valence-corrected chi connectivity index (χ3v) is 5.87. The Kier molecular flexibility index (Phi) is 6.92. The predicted molar refractivity (Wildman–Crippen MR) is 122 cm³/mol.